The number of methoxy groups -OCH3 is 2. The van der Waals surface area contributed by atoms with Gasteiger partial charge in [-0.25, -0.2) is 0 Å². The van der Waals surface area contributed by atoms with Gasteiger partial charge >= 0.3 is 0 Å². The third kappa shape index (κ3) is 11.2. The number of hydrogen-bond donors (Lipinski definition) is 1. The number of benzene rings is 1. The summed E-state index contributed by atoms with van der Waals surface area (Å²) in [5, 5.41) is 10.8. The molecule has 0 aliphatic carbocycles. The van der Waals surface area contributed by atoms with Gasteiger partial charge in [0.1, 0.15) is 0 Å². The van der Waals surface area contributed by atoms with Crippen LogP contribution < -0.4 is 0 Å². The fourth-order valence-corrected chi connectivity index (χ4v) is 4.20. The molecule has 0 fully saturated rings. The largest absolute Gasteiger partial charge is 0.389 e. The lowest BCUT2D eigenvalue weighted by molar-refractivity contribution is -0.0474. The van der Waals surface area contributed by atoms with Crippen LogP contribution in [0.1, 0.15) is 59.4 Å². The molecule has 190 valence electrons. The number of aliphatic hydroxyl groups is 1. The monoisotopic (exact) mass is 464 g/mol. The fraction of sp³-hybridized carbons (Fsp3) is 0.714. The summed E-state index contributed by atoms with van der Waals surface area (Å²) in [5.41, 5.74) is 1.15. The Morgan fingerprint density at radius 3 is 2.24 bits per heavy atom. The van der Waals surface area contributed by atoms with Crippen LogP contribution in [0.4, 0.5) is 0 Å². The molecule has 5 nitrogen and oxygen atoms in total. The number of hydrogen-bond acceptors (Lipinski definition) is 5. The maximum absolute atomic E-state index is 10.8. The van der Waals surface area contributed by atoms with Crippen molar-refractivity contribution in [2.75, 3.05) is 27.4 Å². The highest BCUT2D eigenvalue weighted by Crippen LogP contribution is 2.23. The molecule has 1 unspecified atom stereocenters. The molecule has 7 atom stereocenters. The molecule has 0 saturated carbocycles. The Balaban J connectivity index is 2.59. The van der Waals surface area contributed by atoms with Gasteiger partial charge in [0, 0.05) is 45.0 Å². The molecule has 1 aromatic carbocycles. The molecule has 1 N–H and O–H groups in total. The second-order valence-corrected chi connectivity index (χ2v) is 9.18. The first-order valence-electron chi connectivity index (χ1n) is 12.5. The first-order valence-corrected chi connectivity index (χ1v) is 12.5. The fourth-order valence-electron chi connectivity index (χ4n) is 4.20. The van der Waals surface area contributed by atoms with Gasteiger partial charge in [-0.3, -0.25) is 0 Å². The first kappa shape index (κ1) is 29.8. The van der Waals surface area contributed by atoms with E-state index in [0.717, 1.165) is 31.4 Å². The van der Waals surface area contributed by atoms with E-state index in [9.17, 15) is 5.11 Å². The second kappa shape index (κ2) is 17.2. The summed E-state index contributed by atoms with van der Waals surface area (Å²) in [6.07, 6.45) is 6.31. The average molecular weight is 465 g/mol. The second-order valence-electron chi connectivity index (χ2n) is 9.18. The van der Waals surface area contributed by atoms with Crippen LogP contribution in [-0.4, -0.2) is 57.0 Å². The normalized spacial score (nSPS) is 18.5. The maximum Gasteiger partial charge on any atom is 0.0771 e. The molecule has 0 aliphatic heterocycles. The molecule has 0 bridgehead atoms. The van der Waals surface area contributed by atoms with Crippen LogP contribution in [0.3, 0.4) is 0 Å². The molecule has 1 rings (SSSR count). The quantitative estimate of drug-likeness (QED) is 0.284. The van der Waals surface area contributed by atoms with Crippen LogP contribution in [-0.2, 0) is 25.6 Å². The van der Waals surface area contributed by atoms with E-state index in [1.54, 1.807) is 14.2 Å². The van der Waals surface area contributed by atoms with E-state index in [4.69, 9.17) is 18.9 Å². The van der Waals surface area contributed by atoms with E-state index in [0.29, 0.717) is 13.2 Å². The summed E-state index contributed by atoms with van der Waals surface area (Å²) in [6, 6.07) is 10.1. The lowest BCUT2D eigenvalue weighted by Gasteiger charge is -2.31. The van der Waals surface area contributed by atoms with E-state index in [2.05, 4.69) is 45.9 Å². The maximum atomic E-state index is 10.8. The minimum absolute atomic E-state index is 0.0501. The number of rotatable bonds is 18. The van der Waals surface area contributed by atoms with E-state index >= 15 is 0 Å². The van der Waals surface area contributed by atoms with Gasteiger partial charge in [0.05, 0.1) is 37.6 Å². The van der Waals surface area contributed by atoms with Crippen LogP contribution in [0, 0.1) is 17.8 Å². The Hall–Kier alpha value is -1.24. The number of aliphatic hydroxyl groups excluding tert-OH is 1. The van der Waals surface area contributed by atoms with Gasteiger partial charge in [-0.05, 0) is 18.4 Å². The molecule has 0 aromatic heterocycles. The lowest BCUT2D eigenvalue weighted by atomic mass is 9.88. The molecule has 0 heterocycles. The smallest absolute Gasteiger partial charge is 0.0771 e. The van der Waals surface area contributed by atoms with Crippen molar-refractivity contribution in [3.05, 3.63) is 48.0 Å². The summed E-state index contributed by atoms with van der Waals surface area (Å²) >= 11 is 0. The van der Waals surface area contributed by atoms with Crippen molar-refractivity contribution in [1.82, 2.24) is 0 Å². The van der Waals surface area contributed by atoms with Crippen LogP contribution in [0.25, 0.3) is 0 Å². The van der Waals surface area contributed by atoms with Crippen molar-refractivity contribution in [3.63, 3.8) is 0 Å². The molecule has 5 heteroatoms. The van der Waals surface area contributed by atoms with Gasteiger partial charge < -0.3 is 24.1 Å². The Morgan fingerprint density at radius 1 is 0.970 bits per heavy atom. The van der Waals surface area contributed by atoms with Gasteiger partial charge in [0.25, 0.3) is 0 Å². The van der Waals surface area contributed by atoms with Crippen molar-refractivity contribution in [1.29, 1.82) is 0 Å². The minimum atomic E-state index is -0.607. The zero-order chi connectivity index (χ0) is 24.6. The van der Waals surface area contributed by atoms with Crippen LogP contribution in [0.5, 0.6) is 0 Å². The van der Waals surface area contributed by atoms with Crippen molar-refractivity contribution >= 4 is 0 Å². The molecule has 0 amide bonds. The highest BCUT2D eigenvalue weighted by Gasteiger charge is 2.28. The summed E-state index contributed by atoms with van der Waals surface area (Å²) in [7, 11) is 3.45. The Bertz CT molecular complexity index is 620. The van der Waals surface area contributed by atoms with E-state index in [1.807, 2.05) is 31.2 Å². The highest BCUT2D eigenvalue weighted by atomic mass is 16.5. The summed E-state index contributed by atoms with van der Waals surface area (Å²) in [6.45, 7) is 12.5. The molecular formula is C28H48O5. The SMILES string of the molecule is CCCOC(CC)C[C@H](OC)[C@@H](C)/C=C/[C@@H](O)[C@H](C)[C@H](OC)[C@H](C)COCc1ccccc1. The van der Waals surface area contributed by atoms with Crippen molar-refractivity contribution < 1.29 is 24.1 Å². The Morgan fingerprint density at radius 2 is 1.67 bits per heavy atom. The molecule has 0 aliphatic rings. The Labute approximate surface area is 202 Å². The average Bonchev–Trinajstić information content (AvgIpc) is 2.83. The first-order chi connectivity index (χ1) is 15.9. The molecule has 0 radical (unpaired) electrons. The molecule has 33 heavy (non-hydrogen) atoms. The van der Waals surface area contributed by atoms with E-state index in [-0.39, 0.29) is 36.1 Å². The van der Waals surface area contributed by atoms with E-state index < -0.39 is 6.10 Å². The Kier molecular flexibility index (Phi) is 15.6. The standard InChI is InChI=1S/C28H48O5/c1-8-17-33-25(9-2)18-27(30-6)21(3)15-16-26(29)23(5)28(31-7)22(4)19-32-20-24-13-11-10-12-14-24/h10-16,21-23,25-29H,8-9,17-20H2,1-7H3/b16-15+/t21-,22+,23-,25?,26+,27-,28+/m0/s1. The third-order valence-corrected chi connectivity index (χ3v) is 6.39. The van der Waals surface area contributed by atoms with Crippen molar-refractivity contribution in [3.8, 4) is 0 Å². The summed E-state index contributed by atoms with van der Waals surface area (Å²) in [5.74, 6) is 0.261. The summed E-state index contributed by atoms with van der Waals surface area (Å²) in [4.78, 5) is 0. The van der Waals surface area contributed by atoms with Crippen LogP contribution in [0.2, 0.25) is 0 Å². The minimum Gasteiger partial charge on any atom is -0.389 e. The van der Waals surface area contributed by atoms with Crippen LogP contribution >= 0.6 is 0 Å². The molecular weight excluding hydrogens is 416 g/mol. The van der Waals surface area contributed by atoms with Crippen LogP contribution in [0.15, 0.2) is 42.5 Å². The lowest BCUT2D eigenvalue weighted by Crippen LogP contribution is -2.37. The predicted molar refractivity (Wildman–Crippen MR) is 135 cm³/mol. The third-order valence-electron chi connectivity index (χ3n) is 6.39. The van der Waals surface area contributed by atoms with Gasteiger partial charge in [-0.15, -0.1) is 0 Å². The van der Waals surface area contributed by atoms with Crippen molar-refractivity contribution in [2.45, 2.75) is 84.9 Å². The van der Waals surface area contributed by atoms with Gasteiger partial charge in [0.2, 0.25) is 0 Å². The zero-order valence-corrected chi connectivity index (χ0v) is 21.9. The zero-order valence-electron chi connectivity index (χ0n) is 21.9. The highest BCUT2D eigenvalue weighted by molar-refractivity contribution is 5.13. The molecule has 0 spiro atoms. The van der Waals surface area contributed by atoms with Gasteiger partial charge in [-0.1, -0.05) is 77.1 Å². The van der Waals surface area contributed by atoms with Crippen molar-refractivity contribution in [2.24, 2.45) is 17.8 Å². The molecule has 0 saturated heterocycles. The van der Waals surface area contributed by atoms with E-state index in [1.165, 1.54) is 0 Å². The topological polar surface area (TPSA) is 57.2 Å². The predicted octanol–water partition coefficient (Wildman–Crippen LogP) is 5.65. The molecule has 1 aromatic rings. The van der Waals surface area contributed by atoms with Gasteiger partial charge in [0.15, 0.2) is 0 Å². The summed E-state index contributed by atoms with van der Waals surface area (Å²) < 4.78 is 23.4. The number of ether oxygens (including phenoxy) is 4. The van der Waals surface area contributed by atoms with Gasteiger partial charge in [-0.2, -0.15) is 0 Å².